The smallest absolute Gasteiger partial charge is 0.406 e. The van der Waals surface area contributed by atoms with Gasteiger partial charge in [-0.1, -0.05) is 36.4 Å². The quantitative estimate of drug-likeness (QED) is 0.880. The van der Waals surface area contributed by atoms with E-state index in [1.165, 1.54) is 24.3 Å². The first-order chi connectivity index (χ1) is 9.89. The Morgan fingerprint density at radius 3 is 1.86 bits per heavy atom. The van der Waals surface area contributed by atoms with Gasteiger partial charge in [0.2, 0.25) is 0 Å². The van der Waals surface area contributed by atoms with Crippen LogP contribution < -0.4 is 10.5 Å². The molecule has 0 heterocycles. The third-order valence-electron chi connectivity index (χ3n) is 2.81. The Hall–Kier alpha value is -2.34. The molecule has 0 spiro atoms. The maximum absolute atomic E-state index is 12.1. The molecule has 0 unspecified atom stereocenters. The number of halogens is 3. The molecule has 6 heteroatoms. The second kappa shape index (κ2) is 5.97. The summed E-state index contributed by atoms with van der Waals surface area (Å²) in [6.07, 6.45) is -4.70. The Morgan fingerprint density at radius 2 is 1.43 bits per heavy atom. The Bertz CT molecular complexity index is 619. The fraction of sp³-hybridized carbons (Fsp3) is 0.133. The highest BCUT2D eigenvalue weighted by Crippen LogP contribution is 2.26. The topological polar surface area (TPSA) is 52.3 Å². The van der Waals surface area contributed by atoms with Gasteiger partial charge in [0.25, 0.3) is 0 Å². The molecule has 0 aliphatic carbocycles. The molecule has 21 heavy (non-hydrogen) atoms. The lowest BCUT2D eigenvalue weighted by atomic mass is 10.0. The molecule has 2 aromatic rings. The molecule has 0 saturated heterocycles. The van der Waals surface area contributed by atoms with Gasteiger partial charge in [0.1, 0.15) is 5.75 Å². The predicted octanol–water partition coefficient (Wildman–Crippen LogP) is 3.39. The van der Waals surface area contributed by atoms with Gasteiger partial charge >= 0.3 is 6.36 Å². The van der Waals surface area contributed by atoms with E-state index in [0.29, 0.717) is 5.56 Å². The monoisotopic (exact) mass is 295 g/mol. The second-order valence-electron chi connectivity index (χ2n) is 4.28. The van der Waals surface area contributed by atoms with Crippen LogP contribution in [-0.4, -0.2) is 18.7 Å². The molecule has 0 saturated carbocycles. The van der Waals surface area contributed by atoms with Crippen molar-refractivity contribution in [3.63, 3.8) is 0 Å². The standard InChI is InChI=1S/C15H12F3NO2/c16-15(17,18)21-13-7-5-11(6-8-13)10-1-3-12(4-2-10)14(20)9-19/h1-8H,9,19H2. The highest BCUT2D eigenvalue weighted by Gasteiger charge is 2.30. The molecule has 2 aromatic carbocycles. The number of carbonyl (C=O) groups excluding carboxylic acids is 1. The number of ketones is 1. The number of nitrogens with two attached hydrogens (primary N) is 1. The van der Waals surface area contributed by atoms with Crippen molar-refractivity contribution in [3.8, 4) is 16.9 Å². The molecule has 0 aliphatic heterocycles. The molecule has 0 bridgehead atoms. The summed E-state index contributed by atoms with van der Waals surface area (Å²) in [5.74, 6) is -0.448. The van der Waals surface area contributed by atoms with Gasteiger partial charge in [0.05, 0.1) is 6.54 Å². The van der Waals surface area contributed by atoms with Gasteiger partial charge in [0, 0.05) is 5.56 Å². The van der Waals surface area contributed by atoms with Crippen molar-refractivity contribution >= 4 is 5.78 Å². The van der Waals surface area contributed by atoms with E-state index in [9.17, 15) is 18.0 Å². The molecule has 0 atom stereocenters. The third kappa shape index (κ3) is 4.06. The summed E-state index contributed by atoms with van der Waals surface area (Å²) >= 11 is 0. The zero-order chi connectivity index (χ0) is 15.5. The molecule has 2 N–H and O–H groups in total. The van der Waals surface area contributed by atoms with Crippen LogP contribution in [0, 0.1) is 0 Å². The van der Waals surface area contributed by atoms with E-state index >= 15 is 0 Å². The number of alkyl halides is 3. The van der Waals surface area contributed by atoms with Gasteiger partial charge in [-0.05, 0) is 23.3 Å². The Balaban J connectivity index is 2.17. The van der Waals surface area contributed by atoms with Crippen LogP contribution in [0.5, 0.6) is 5.75 Å². The molecule has 0 aliphatic rings. The number of hydrogen-bond donors (Lipinski definition) is 1. The van der Waals surface area contributed by atoms with Crippen LogP contribution in [0.25, 0.3) is 11.1 Å². The lowest BCUT2D eigenvalue weighted by Crippen LogP contribution is -2.16. The highest BCUT2D eigenvalue weighted by molar-refractivity contribution is 5.97. The van der Waals surface area contributed by atoms with Gasteiger partial charge in [-0.25, -0.2) is 0 Å². The van der Waals surface area contributed by atoms with E-state index in [4.69, 9.17) is 5.73 Å². The maximum atomic E-state index is 12.1. The van der Waals surface area contributed by atoms with Crippen LogP contribution in [0.15, 0.2) is 48.5 Å². The van der Waals surface area contributed by atoms with Gasteiger partial charge in [-0.2, -0.15) is 0 Å². The minimum absolute atomic E-state index is 0.0666. The van der Waals surface area contributed by atoms with Crippen LogP contribution >= 0.6 is 0 Å². The average Bonchev–Trinajstić information content (AvgIpc) is 2.46. The fourth-order valence-electron chi connectivity index (χ4n) is 1.82. The predicted molar refractivity (Wildman–Crippen MR) is 71.9 cm³/mol. The average molecular weight is 295 g/mol. The number of hydrogen-bond acceptors (Lipinski definition) is 3. The van der Waals surface area contributed by atoms with Crippen molar-refractivity contribution in [2.75, 3.05) is 6.54 Å². The van der Waals surface area contributed by atoms with Gasteiger partial charge < -0.3 is 10.5 Å². The first-order valence-corrected chi connectivity index (χ1v) is 6.08. The molecule has 110 valence electrons. The number of ether oxygens (including phenoxy) is 1. The summed E-state index contributed by atoms with van der Waals surface area (Å²) in [4.78, 5) is 11.4. The minimum Gasteiger partial charge on any atom is -0.406 e. The number of rotatable bonds is 4. The molecule has 3 nitrogen and oxygen atoms in total. The van der Waals surface area contributed by atoms with E-state index in [1.54, 1.807) is 24.3 Å². The second-order valence-corrected chi connectivity index (χ2v) is 4.28. The van der Waals surface area contributed by atoms with E-state index in [1.807, 2.05) is 0 Å². The minimum atomic E-state index is -4.70. The van der Waals surface area contributed by atoms with Crippen molar-refractivity contribution in [1.29, 1.82) is 0 Å². The van der Waals surface area contributed by atoms with Crippen molar-refractivity contribution in [3.05, 3.63) is 54.1 Å². The van der Waals surface area contributed by atoms with Crippen LogP contribution in [0.2, 0.25) is 0 Å². The normalized spacial score (nSPS) is 11.2. The molecule has 2 rings (SSSR count). The molecule has 0 fully saturated rings. The summed E-state index contributed by atoms with van der Waals surface area (Å²) in [5.41, 5.74) is 7.26. The fourth-order valence-corrected chi connectivity index (χ4v) is 1.82. The van der Waals surface area contributed by atoms with E-state index in [-0.39, 0.29) is 18.1 Å². The zero-order valence-electron chi connectivity index (χ0n) is 10.9. The van der Waals surface area contributed by atoms with E-state index in [0.717, 1.165) is 11.1 Å². The van der Waals surface area contributed by atoms with Gasteiger partial charge in [-0.15, -0.1) is 13.2 Å². The molecule has 0 radical (unpaired) electrons. The highest BCUT2D eigenvalue weighted by atomic mass is 19.4. The molecular formula is C15H12F3NO2. The van der Waals surface area contributed by atoms with Crippen LogP contribution in [-0.2, 0) is 0 Å². The third-order valence-corrected chi connectivity index (χ3v) is 2.81. The zero-order valence-corrected chi connectivity index (χ0v) is 10.9. The Labute approximate surface area is 119 Å². The van der Waals surface area contributed by atoms with Crippen molar-refractivity contribution in [2.24, 2.45) is 5.73 Å². The molecule has 0 amide bonds. The van der Waals surface area contributed by atoms with Crippen molar-refractivity contribution < 1.29 is 22.7 Å². The number of benzene rings is 2. The summed E-state index contributed by atoms with van der Waals surface area (Å²) in [6.45, 7) is -0.0666. The first-order valence-electron chi connectivity index (χ1n) is 6.08. The van der Waals surface area contributed by atoms with Crippen LogP contribution in [0.3, 0.4) is 0 Å². The van der Waals surface area contributed by atoms with Gasteiger partial charge in [0.15, 0.2) is 5.78 Å². The van der Waals surface area contributed by atoms with E-state index in [2.05, 4.69) is 4.74 Å². The van der Waals surface area contributed by atoms with Crippen LogP contribution in [0.4, 0.5) is 13.2 Å². The Kier molecular flexibility index (Phi) is 4.28. The SMILES string of the molecule is NCC(=O)c1ccc(-c2ccc(OC(F)(F)F)cc2)cc1. The summed E-state index contributed by atoms with van der Waals surface area (Å²) in [6, 6.07) is 12.2. The number of carbonyl (C=O) groups is 1. The first kappa shape index (κ1) is 15.1. The lowest BCUT2D eigenvalue weighted by molar-refractivity contribution is -0.274. The summed E-state index contributed by atoms with van der Waals surface area (Å²) in [7, 11) is 0. The van der Waals surface area contributed by atoms with Crippen molar-refractivity contribution in [2.45, 2.75) is 6.36 Å². The molecule has 0 aromatic heterocycles. The maximum Gasteiger partial charge on any atom is 0.573 e. The Morgan fingerprint density at radius 1 is 0.952 bits per heavy atom. The summed E-state index contributed by atoms with van der Waals surface area (Å²) in [5, 5.41) is 0. The lowest BCUT2D eigenvalue weighted by Gasteiger charge is -2.09. The number of Topliss-reactive ketones (excluding diaryl/α,β-unsaturated/α-hetero) is 1. The van der Waals surface area contributed by atoms with Crippen LogP contribution in [0.1, 0.15) is 10.4 Å². The van der Waals surface area contributed by atoms with E-state index < -0.39 is 6.36 Å². The molecular weight excluding hydrogens is 283 g/mol. The van der Waals surface area contributed by atoms with Gasteiger partial charge in [-0.3, -0.25) is 4.79 Å². The summed E-state index contributed by atoms with van der Waals surface area (Å²) < 4.78 is 40.0. The largest absolute Gasteiger partial charge is 0.573 e. The van der Waals surface area contributed by atoms with Crippen molar-refractivity contribution in [1.82, 2.24) is 0 Å².